The van der Waals surface area contributed by atoms with Crippen molar-refractivity contribution in [3.05, 3.63) is 46.0 Å². The molecule has 9 nitrogen and oxygen atoms in total. The zero-order chi connectivity index (χ0) is 32.5. The Labute approximate surface area is 274 Å². The van der Waals surface area contributed by atoms with Crippen LogP contribution in [0.4, 0.5) is 23.4 Å². The molecule has 1 saturated carbocycles. The SMILES string of the molecule is N#CC1=C(N)SC2C(F)=CC=C(c3ncc4c(N5CC6CCC(C5)N6)nc(OCC5(CN6CCCCC6)CC5)nc4c3C(F)(F)F)C12. The molecule has 4 aliphatic heterocycles. The number of thioether (sulfide) groups is 1. The predicted octanol–water partition coefficient (Wildman–Crippen LogP) is 5.30. The third-order valence-corrected chi connectivity index (χ3v) is 11.8. The van der Waals surface area contributed by atoms with Crippen LogP contribution in [0, 0.1) is 22.7 Å². The number of likely N-dealkylation sites (tertiary alicyclic amines) is 1. The van der Waals surface area contributed by atoms with Gasteiger partial charge in [-0.3, -0.25) is 4.98 Å². The number of nitrogens with two attached hydrogens (primary N) is 1. The zero-order valence-corrected chi connectivity index (χ0v) is 26.6. The highest BCUT2D eigenvalue weighted by Crippen LogP contribution is 2.53. The minimum atomic E-state index is -4.89. The summed E-state index contributed by atoms with van der Waals surface area (Å²) in [6.07, 6.45) is 6.45. The number of halogens is 4. The molecule has 2 aromatic rings. The van der Waals surface area contributed by atoms with Crippen molar-refractivity contribution in [3.8, 4) is 12.1 Å². The maximum absolute atomic E-state index is 15.3. The standard InChI is InChI=1S/C33H36F4N8OS/c34-23-7-6-20(24-21(12-38)29(39)47-28(23)24)26-25(33(35,36)37)27-22(13-40-26)30(45-14-18-4-5-19(15-45)41-18)43-31(42-27)46-17-32(8-9-32)16-44-10-2-1-3-11-44/h6-7,13,18-19,24,28,41H,1-5,8-11,14-17,39H2. The first-order chi connectivity index (χ1) is 22.6. The molecule has 2 aromatic heterocycles. The van der Waals surface area contributed by atoms with Crippen LogP contribution in [-0.2, 0) is 6.18 Å². The van der Waals surface area contributed by atoms with E-state index in [9.17, 15) is 9.65 Å². The summed E-state index contributed by atoms with van der Waals surface area (Å²) in [6.45, 7) is 4.52. The fourth-order valence-electron chi connectivity index (χ4n) is 7.98. The second-order valence-electron chi connectivity index (χ2n) is 13.8. The highest BCUT2D eigenvalue weighted by atomic mass is 32.2. The van der Waals surface area contributed by atoms with Crippen LogP contribution >= 0.6 is 11.8 Å². The Balaban J connectivity index is 1.23. The van der Waals surface area contributed by atoms with E-state index in [1.807, 2.05) is 11.0 Å². The van der Waals surface area contributed by atoms with Gasteiger partial charge in [0.05, 0.1) is 45.1 Å². The van der Waals surface area contributed by atoms with Gasteiger partial charge in [0, 0.05) is 49.2 Å². The van der Waals surface area contributed by atoms with Gasteiger partial charge < -0.3 is 25.6 Å². The molecule has 14 heteroatoms. The number of pyridine rings is 1. The van der Waals surface area contributed by atoms with Crippen LogP contribution in [0.1, 0.15) is 56.2 Å². The molecule has 6 heterocycles. The maximum Gasteiger partial charge on any atom is 0.420 e. The van der Waals surface area contributed by atoms with E-state index in [0.717, 1.165) is 63.2 Å². The van der Waals surface area contributed by atoms with E-state index >= 15 is 13.2 Å². The summed E-state index contributed by atoms with van der Waals surface area (Å²) in [7, 11) is 0. The monoisotopic (exact) mass is 668 g/mol. The van der Waals surface area contributed by atoms with E-state index in [1.165, 1.54) is 31.5 Å². The molecule has 47 heavy (non-hydrogen) atoms. The van der Waals surface area contributed by atoms with E-state index in [4.69, 9.17) is 15.5 Å². The smallest absolute Gasteiger partial charge is 0.420 e. The first-order valence-electron chi connectivity index (χ1n) is 16.4. The second kappa shape index (κ2) is 11.6. The average molecular weight is 669 g/mol. The molecule has 2 bridgehead atoms. The molecule has 4 atom stereocenters. The van der Waals surface area contributed by atoms with Crippen molar-refractivity contribution in [3.63, 3.8) is 0 Å². The van der Waals surface area contributed by atoms with Crippen molar-refractivity contribution in [1.29, 1.82) is 5.26 Å². The number of piperazine rings is 1. The molecule has 0 aromatic carbocycles. The van der Waals surface area contributed by atoms with Crippen molar-refractivity contribution >= 4 is 34.1 Å². The second-order valence-corrected chi connectivity index (χ2v) is 15.0. The molecule has 8 rings (SSSR count). The fourth-order valence-corrected chi connectivity index (χ4v) is 9.16. The molecule has 248 valence electrons. The lowest BCUT2D eigenvalue weighted by atomic mass is 9.82. The molecule has 4 fully saturated rings. The minimum Gasteiger partial charge on any atom is -0.463 e. The van der Waals surface area contributed by atoms with Crippen LogP contribution in [-0.4, -0.2) is 76.5 Å². The highest BCUT2D eigenvalue weighted by molar-refractivity contribution is 8.04. The summed E-state index contributed by atoms with van der Waals surface area (Å²) in [5.41, 5.74) is 4.35. The van der Waals surface area contributed by atoms with Crippen LogP contribution in [0.25, 0.3) is 16.5 Å². The van der Waals surface area contributed by atoms with Crippen LogP contribution in [0.3, 0.4) is 0 Å². The van der Waals surface area contributed by atoms with Gasteiger partial charge in [0.2, 0.25) is 0 Å². The normalized spacial score (nSPS) is 28.6. The highest BCUT2D eigenvalue weighted by Gasteiger charge is 2.48. The van der Waals surface area contributed by atoms with Crippen LogP contribution in [0.5, 0.6) is 6.01 Å². The van der Waals surface area contributed by atoms with E-state index in [1.54, 1.807) is 0 Å². The first kappa shape index (κ1) is 30.9. The molecular formula is C33H36F4N8OS. The van der Waals surface area contributed by atoms with Gasteiger partial charge in [0.25, 0.3) is 0 Å². The van der Waals surface area contributed by atoms with Crippen molar-refractivity contribution in [2.75, 3.05) is 44.2 Å². The topological polar surface area (TPSA) is 116 Å². The lowest BCUT2D eigenvalue weighted by molar-refractivity contribution is -0.136. The molecule has 3 saturated heterocycles. The number of aromatic nitrogens is 3. The number of alkyl halides is 3. The van der Waals surface area contributed by atoms with Gasteiger partial charge in [-0.25, -0.2) is 4.39 Å². The molecule has 0 radical (unpaired) electrons. The summed E-state index contributed by atoms with van der Waals surface area (Å²) in [4.78, 5) is 18.1. The fraction of sp³-hybridized carbons (Fsp3) is 0.576. The van der Waals surface area contributed by atoms with E-state index in [0.29, 0.717) is 25.5 Å². The van der Waals surface area contributed by atoms with Crippen molar-refractivity contribution < 1.29 is 22.3 Å². The summed E-state index contributed by atoms with van der Waals surface area (Å²) in [6, 6.07) is 2.33. The van der Waals surface area contributed by atoms with Crippen molar-refractivity contribution in [2.24, 2.45) is 17.1 Å². The maximum atomic E-state index is 15.3. The average Bonchev–Trinajstić information content (AvgIpc) is 3.61. The van der Waals surface area contributed by atoms with Gasteiger partial charge >= 0.3 is 12.2 Å². The van der Waals surface area contributed by atoms with Crippen molar-refractivity contribution in [1.82, 2.24) is 25.2 Å². The third kappa shape index (κ3) is 5.64. The Hall–Kier alpha value is -3.41. The number of fused-ring (bicyclic) bond motifs is 4. The van der Waals surface area contributed by atoms with Gasteiger partial charge in [-0.05, 0) is 63.3 Å². The predicted molar refractivity (Wildman–Crippen MR) is 171 cm³/mol. The van der Waals surface area contributed by atoms with E-state index < -0.39 is 34.4 Å². The van der Waals surface area contributed by atoms with Gasteiger partial charge in [-0.1, -0.05) is 24.3 Å². The van der Waals surface area contributed by atoms with Crippen molar-refractivity contribution in [2.45, 2.75) is 68.5 Å². The number of ether oxygens (including phenoxy) is 1. The number of piperidine rings is 1. The Morgan fingerprint density at radius 2 is 1.85 bits per heavy atom. The summed E-state index contributed by atoms with van der Waals surface area (Å²) in [5, 5.41) is 12.8. The molecule has 2 aliphatic carbocycles. The number of rotatable bonds is 7. The molecule has 0 amide bonds. The molecular weight excluding hydrogens is 632 g/mol. The lowest BCUT2D eigenvalue weighted by Gasteiger charge is -2.34. The Bertz CT molecular complexity index is 1730. The van der Waals surface area contributed by atoms with Crippen LogP contribution < -0.4 is 20.7 Å². The van der Waals surface area contributed by atoms with Gasteiger partial charge in [0.1, 0.15) is 17.2 Å². The quantitative estimate of drug-likeness (QED) is 0.377. The van der Waals surface area contributed by atoms with E-state index in [2.05, 4.69) is 20.2 Å². The number of allylic oxidation sites excluding steroid dienone is 4. The Morgan fingerprint density at radius 1 is 1.11 bits per heavy atom. The Morgan fingerprint density at radius 3 is 2.53 bits per heavy atom. The zero-order valence-electron chi connectivity index (χ0n) is 25.8. The minimum absolute atomic E-state index is 0.0386. The van der Waals surface area contributed by atoms with Gasteiger partial charge in [-0.15, -0.1) is 0 Å². The summed E-state index contributed by atoms with van der Waals surface area (Å²) in [5.74, 6) is -1.20. The van der Waals surface area contributed by atoms with Crippen LogP contribution in [0.2, 0.25) is 0 Å². The number of nitrogens with zero attached hydrogens (tertiary/aromatic N) is 6. The molecule has 6 aliphatic rings. The number of hydrogen-bond donors (Lipinski definition) is 2. The summed E-state index contributed by atoms with van der Waals surface area (Å²) >= 11 is 0.943. The number of hydrogen-bond acceptors (Lipinski definition) is 10. The molecule has 4 unspecified atom stereocenters. The Kier molecular flexibility index (Phi) is 7.64. The first-order valence-corrected chi connectivity index (χ1v) is 17.3. The summed E-state index contributed by atoms with van der Waals surface area (Å²) < 4.78 is 67.1. The van der Waals surface area contributed by atoms with E-state index in [-0.39, 0.29) is 50.6 Å². The van der Waals surface area contributed by atoms with Gasteiger partial charge in [-0.2, -0.15) is 28.4 Å². The largest absolute Gasteiger partial charge is 0.463 e. The lowest BCUT2D eigenvalue weighted by Crippen LogP contribution is -2.51. The third-order valence-electron chi connectivity index (χ3n) is 10.5. The number of nitrogens with one attached hydrogen (secondary N) is 1. The molecule has 3 N–H and O–H groups in total. The van der Waals surface area contributed by atoms with Crippen LogP contribution in [0.15, 0.2) is 34.8 Å². The molecule has 0 spiro atoms. The number of anilines is 1. The number of nitriles is 1. The van der Waals surface area contributed by atoms with Gasteiger partial charge in [0.15, 0.2) is 0 Å².